The summed E-state index contributed by atoms with van der Waals surface area (Å²) in [5.41, 5.74) is 4.32. The number of hydrogen-bond donors (Lipinski definition) is 2. The van der Waals surface area contributed by atoms with E-state index in [1.165, 1.54) is 30.5 Å². The van der Waals surface area contributed by atoms with Crippen LogP contribution in [0.2, 0.25) is 0 Å². The van der Waals surface area contributed by atoms with Crippen LogP contribution in [0.5, 0.6) is 0 Å². The molecule has 4 rings (SSSR count). The first kappa shape index (κ1) is 18.9. The second-order valence-electron chi connectivity index (χ2n) is 7.31. The van der Waals surface area contributed by atoms with E-state index in [1.54, 1.807) is 12.3 Å². The van der Waals surface area contributed by atoms with Gasteiger partial charge < -0.3 is 15.5 Å². The maximum absolute atomic E-state index is 12.6. The number of aryl methyl sites for hydroxylation is 1. The van der Waals surface area contributed by atoms with E-state index >= 15 is 0 Å². The lowest BCUT2D eigenvalue weighted by atomic mass is 10.1. The smallest absolute Gasteiger partial charge is 0.274 e. The van der Waals surface area contributed by atoms with E-state index < -0.39 is 0 Å². The summed E-state index contributed by atoms with van der Waals surface area (Å²) in [4.78, 5) is 23.5. The third kappa shape index (κ3) is 4.90. The topological polar surface area (TPSA) is 70.2 Å². The molecule has 3 aromatic rings. The number of hydrogen-bond acceptors (Lipinski definition) is 5. The molecule has 0 aliphatic carbocycles. The van der Waals surface area contributed by atoms with Crippen LogP contribution in [0.3, 0.4) is 0 Å². The molecule has 2 heterocycles. The maximum Gasteiger partial charge on any atom is 0.274 e. The van der Waals surface area contributed by atoms with Gasteiger partial charge in [-0.2, -0.15) is 0 Å². The Morgan fingerprint density at radius 2 is 1.59 bits per heavy atom. The van der Waals surface area contributed by atoms with Gasteiger partial charge >= 0.3 is 0 Å². The van der Waals surface area contributed by atoms with E-state index in [0.29, 0.717) is 11.6 Å². The van der Waals surface area contributed by atoms with Crippen molar-refractivity contribution in [3.8, 4) is 0 Å². The summed E-state index contributed by atoms with van der Waals surface area (Å²) in [6, 6.07) is 17.5. The first-order chi connectivity index (χ1) is 14.2. The number of anilines is 4. The Morgan fingerprint density at radius 3 is 2.31 bits per heavy atom. The van der Waals surface area contributed by atoms with Gasteiger partial charge in [0.15, 0.2) is 0 Å². The minimum Gasteiger partial charge on any atom is -0.372 e. The van der Waals surface area contributed by atoms with Crippen molar-refractivity contribution in [2.45, 2.75) is 26.2 Å². The lowest BCUT2D eigenvalue weighted by Crippen LogP contribution is -2.29. The second-order valence-corrected chi connectivity index (χ2v) is 7.31. The quantitative estimate of drug-likeness (QED) is 0.660. The average Bonchev–Trinajstić information content (AvgIpc) is 2.77. The molecule has 6 heteroatoms. The van der Waals surface area contributed by atoms with E-state index in [-0.39, 0.29) is 5.91 Å². The van der Waals surface area contributed by atoms with E-state index in [2.05, 4.69) is 37.6 Å². The van der Waals surface area contributed by atoms with Crippen molar-refractivity contribution in [2.24, 2.45) is 0 Å². The molecule has 0 radical (unpaired) electrons. The molecular formula is C23H25N5O. The fourth-order valence-corrected chi connectivity index (χ4v) is 3.41. The summed E-state index contributed by atoms with van der Waals surface area (Å²) in [5.74, 6) is 0.132. The lowest BCUT2D eigenvalue weighted by molar-refractivity contribution is 0.102. The van der Waals surface area contributed by atoms with Crippen LogP contribution < -0.4 is 15.5 Å². The zero-order valence-electron chi connectivity index (χ0n) is 16.6. The first-order valence-corrected chi connectivity index (χ1v) is 10.0. The Bertz CT molecular complexity index is 963. The SMILES string of the molecule is Cc1ccc(Nc2nccc(C(=O)Nc3ccc(N4CCCCC4)cc3)n2)cc1. The van der Waals surface area contributed by atoms with Crippen LogP contribution in [-0.2, 0) is 0 Å². The number of carbonyl (C=O) groups is 1. The highest BCUT2D eigenvalue weighted by Gasteiger charge is 2.12. The molecule has 1 saturated heterocycles. The highest BCUT2D eigenvalue weighted by Crippen LogP contribution is 2.22. The summed E-state index contributed by atoms with van der Waals surface area (Å²) < 4.78 is 0. The molecule has 0 unspecified atom stereocenters. The van der Waals surface area contributed by atoms with E-state index in [9.17, 15) is 4.79 Å². The predicted octanol–water partition coefficient (Wildman–Crippen LogP) is 4.77. The molecule has 1 fully saturated rings. The molecule has 1 aliphatic rings. The number of piperidine rings is 1. The van der Waals surface area contributed by atoms with Gasteiger partial charge in [0, 0.05) is 36.3 Å². The van der Waals surface area contributed by atoms with Gasteiger partial charge in [-0.3, -0.25) is 4.79 Å². The van der Waals surface area contributed by atoms with Crippen molar-refractivity contribution in [3.63, 3.8) is 0 Å². The molecule has 1 amide bonds. The minimum atomic E-state index is -0.259. The number of amides is 1. The second kappa shape index (κ2) is 8.73. The Hall–Kier alpha value is -3.41. The van der Waals surface area contributed by atoms with E-state index in [1.807, 2.05) is 43.3 Å². The Morgan fingerprint density at radius 1 is 0.897 bits per heavy atom. The van der Waals surface area contributed by atoms with Gasteiger partial charge in [-0.15, -0.1) is 0 Å². The summed E-state index contributed by atoms with van der Waals surface area (Å²) in [7, 11) is 0. The van der Waals surface area contributed by atoms with Crippen molar-refractivity contribution in [1.29, 1.82) is 0 Å². The number of aromatic nitrogens is 2. The standard InChI is InChI=1S/C23H25N5O/c1-17-5-7-19(8-6-17)26-23-24-14-13-21(27-23)22(29)25-18-9-11-20(12-10-18)28-15-3-2-4-16-28/h5-14H,2-4,15-16H2,1H3,(H,25,29)(H,24,26,27). The number of carbonyl (C=O) groups excluding carboxylic acids is 1. The fourth-order valence-electron chi connectivity index (χ4n) is 3.41. The van der Waals surface area contributed by atoms with Gasteiger partial charge in [0.25, 0.3) is 5.91 Å². The predicted molar refractivity (Wildman–Crippen MR) is 117 cm³/mol. The summed E-state index contributed by atoms with van der Waals surface area (Å²) in [5, 5.41) is 6.04. The van der Waals surface area contributed by atoms with Crippen molar-refractivity contribution >= 4 is 28.9 Å². The highest BCUT2D eigenvalue weighted by atomic mass is 16.1. The molecule has 0 saturated carbocycles. The largest absolute Gasteiger partial charge is 0.372 e. The first-order valence-electron chi connectivity index (χ1n) is 10.0. The maximum atomic E-state index is 12.6. The summed E-state index contributed by atoms with van der Waals surface area (Å²) in [6.45, 7) is 4.23. The van der Waals surface area contributed by atoms with Crippen molar-refractivity contribution < 1.29 is 4.79 Å². The number of rotatable bonds is 5. The minimum absolute atomic E-state index is 0.259. The third-order valence-electron chi connectivity index (χ3n) is 5.04. The Labute approximate surface area is 171 Å². The molecule has 148 valence electrons. The fraction of sp³-hybridized carbons (Fsp3) is 0.261. The van der Waals surface area contributed by atoms with Gasteiger partial charge in [0.05, 0.1) is 0 Å². The summed E-state index contributed by atoms with van der Waals surface area (Å²) in [6.07, 6.45) is 5.37. The third-order valence-corrected chi connectivity index (χ3v) is 5.04. The van der Waals surface area contributed by atoms with Gasteiger partial charge in [-0.05, 0) is 68.7 Å². The van der Waals surface area contributed by atoms with Gasteiger partial charge in [0.1, 0.15) is 5.69 Å². The summed E-state index contributed by atoms with van der Waals surface area (Å²) >= 11 is 0. The van der Waals surface area contributed by atoms with Crippen LogP contribution in [0.4, 0.5) is 23.0 Å². The normalized spacial score (nSPS) is 13.8. The zero-order valence-corrected chi connectivity index (χ0v) is 16.6. The molecule has 0 bridgehead atoms. The van der Waals surface area contributed by atoms with Crippen LogP contribution in [0.1, 0.15) is 35.3 Å². The van der Waals surface area contributed by atoms with Crippen molar-refractivity contribution in [2.75, 3.05) is 28.6 Å². The van der Waals surface area contributed by atoms with Gasteiger partial charge in [-0.1, -0.05) is 17.7 Å². The molecule has 29 heavy (non-hydrogen) atoms. The van der Waals surface area contributed by atoms with Crippen LogP contribution >= 0.6 is 0 Å². The van der Waals surface area contributed by atoms with Crippen molar-refractivity contribution in [1.82, 2.24) is 9.97 Å². The lowest BCUT2D eigenvalue weighted by Gasteiger charge is -2.28. The number of nitrogens with zero attached hydrogens (tertiary/aromatic N) is 3. The van der Waals surface area contributed by atoms with Crippen LogP contribution in [-0.4, -0.2) is 29.0 Å². The zero-order chi connectivity index (χ0) is 20.1. The van der Waals surface area contributed by atoms with E-state index in [0.717, 1.165) is 24.5 Å². The molecule has 0 atom stereocenters. The number of nitrogens with one attached hydrogen (secondary N) is 2. The Kier molecular flexibility index (Phi) is 5.70. The van der Waals surface area contributed by atoms with Gasteiger partial charge in [0.2, 0.25) is 5.95 Å². The molecule has 2 N–H and O–H groups in total. The molecule has 1 aromatic heterocycles. The van der Waals surface area contributed by atoms with Crippen LogP contribution in [0.25, 0.3) is 0 Å². The highest BCUT2D eigenvalue weighted by molar-refractivity contribution is 6.03. The van der Waals surface area contributed by atoms with E-state index in [4.69, 9.17) is 0 Å². The average molecular weight is 387 g/mol. The molecular weight excluding hydrogens is 362 g/mol. The molecule has 2 aromatic carbocycles. The van der Waals surface area contributed by atoms with Gasteiger partial charge in [-0.25, -0.2) is 9.97 Å². The number of benzene rings is 2. The van der Waals surface area contributed by atoms with Crippen LogP contribution in [0.15, 0.2) is 60.8 Å². The Balaban J connectivity index is 1.41. The molecule has 6 nitrogen and oxygen atoms in total. The molecule has 1 aliphatic heterocycles. The molecule has 0 spiro atoms. The van der Waals surface area contributed by atoms with Crippen molar-refractivity contribution in [3.05, 3.63) is 72.1 Å². The monoisotopic (exact) mass is 387 g/mol. The van der Waals surface area contributed by atoms with Crippen LogP contribution in [0, 0.1) is 6.92 Å².